The van der Waals surface area contributed by atoms with E-state index >= 15 is 0 Å². The van der Waals surface area contributed by atoms with Gasteiger partial charge in [0.2, 0.25) is 5.91 Å². The number of primary amides is 1. The van der Waals surface area contributed by atoms with Crippen LogP contribution < -0.4 is 5.73 Å². The van der Waals surface area contributed by atoms with Gasteiger partial charge >= 0.3 is 0 Å². The quantitative estimate of drug-likeness (QED) is 0.761. The topological polar surface area (TPSA) is 43.1 Å². The molecule has 0 aliphatic carbocycles. The maximum absolute atomic E-state index is 10.8. The number of rotatable bonds is 5. The van der Waals surface area contributed by atoms with Crippen LogP contribution in [0.2, 0.25) is 0 Å². The number of carbonyl (C=O) groups excluding carboxylic acids is 1. The Labute approximate surface area is 85.1 Å². The Bertz CT molecular complexity index is 282. The lowest BCUT2D eigenvalue weighted by molar-refractivity contribution is -0.121. The van der Waals surface area contributed by atoms with Crippen molar-refractivity contribution in [1.29, 1.82) is 0 Å². The summed E-state index contributed by atoms with van der Waals surface area (Å²) in [5.74, 6) is -0.197. The summed E-state index contributed by atoms with van der Waals surface area (Å²) in [5.41, 5.74) is 6.50. The molecule has 0 spiro atoms. The lowest BCUT2D eigenvalue weighted by atomic mass is 10.0. The van der Waals surface area contributed by atoms with Gasteiger partial charge in [0.15, 0.2) is 0 Å². The van der Waals surface area contributed by atoms with Gasteiger partial charge in [-0.3, -0.25) is 4.79 Å². The van der Waals surface area contributed by atoms with E-state index < -0.39 is 0 Å². The normalized spacial score (nSPS) is 12.4. The van der Waals surface area contributed by atoms with Gasteiger partial charge in [-0.2, -0.15) is 0 Å². The minimum absolute atomic E-state index is 0.00119. The Hall–Kier alpha value is -1.31. The fraction of sp³-hybridized carbons (Fsp3) is 0.417. The van der Waals surface area contributed by atoms with Crippen LogP contribution in [-0.2, 0) is 11.2 Å². The van der Waals surface area contributed by atoms with Crippen LogP contribution in [0.4, 0.5) is 0 Å². The molecule has 0 radical (unpaired) electrons. The van der Waals surface area contributed by atoms with Crippen LogP contribution in [-0.4, -0.2) is 5.91 Å². The van der Waals surface area contributed by atoms with Gasteiger partial charge in [-0.25, -0.2) is 0 Å². The summed E-state index contributed by atoms with van der Waals surface area (Å²) in [5, 5.41) is 0. The number of nitrogens with two attached hydrogens (primary N) is 1. The van der Waals surface area contributed by atoms with E-state index in [0.29, 0.717) is 0 Å². The number of hydrogen-bond donors (Lipinski definition) is 1. The lowest BCUT2D eigenvalue weighted by Crippen LogP contribution is -2.20. The predicted molar refractivity (Wildman–Crippen MR) is 57.7 cm³/mol. The van der Waals surface area contributed by atoms with E-state index in [1.165, 1.54) is 5.56 Å². The first-order chi connectivity index (χ1) is 6.70. The molecule has 1 aromatic rings. The molecule has 0 aliphatic heterocycles. The molecule has 0 saturated heterocycles. The zero-order valence-corrected chi connectivity index (χ0v) is 8.57. The Kier molecular flexibility index (Phi) is 4.17. The predicted octanol–water partition coefficient (Wildman–Crippen LogP) is 2.13. The molecule has 0 fully saturated rings. The molecule has 0 aromatic heterocycles. The molecule has 2 nitrogen and oxygen atoms in total. The molecule has 0 saturated carbocycles. The van der Waals surface area contributed by atoms with Crippen LogP contribution in [0.5, 0.6) is 0 Å². The Morgan fingerprint density at radius 2 is 2.00 bits per heavy atom. The smallest absolute Gasteiger partial charge is 0.220 e. The first-order valence-corrected chi connectivity index (χ1v) is 5.03. The van der Waals surface area contributed by atoms with Crippen molar-refractivity contribution in [2.24, 2.45) is 11.7 Å². The van der Waals surface area contributed by atoms with Crippen LogP contribution in [0.3, 0.4) is 0 Å². The molecule has 1 unspecified atom stereocenters. The lowest BCUT2D eigenvalue weighted by Gasteiger charge is -2.06. The number of hydrogen-bond acceptors (Lipinski definition) is 1. The molecule has 0 heterocycles. The summed E-state index contributed by atoms with van der Waals surface area (Å²) in [4.78, 5) is 10.8. The SMILES string of the molecule is CC(CCCc1ccccc1)C(N)=O. The highest BCUT2D eigenvalue weighted by atomic mass is 16.1. The van der Waals surface area contributed by atoms with Gasteiger partial charge in [-0.15, -0.1) is 0 Å². The second kappa shape index (κ2) is 5.43. The maximum Gasteiger partial charge on any atom is 0.220 e. The molecule has 1 atom stereocenters. The maximum atomic E-state index is 10.8. The summed E-state index contributed by atoms with van der Waals surface area (Å²) < 4.78 is 0. The molecule has 1 aromatic carbocycles. The van der Waals surface area contributed by atoms with Gasteiger partial charge in [0.25, 0.3) is 0 Å². The average Bonchev–Trinajstić information content (AvgIpc) is 2.19. The summed E-state index contributed by atoms with van der Waals surface area (Å²) in [6, 6.07) is 10.3. The van der Waals surface area contributed by atoms with Crippen LogP contribution >= 0.6 is 0 Å². The van der Waals surface area contributed by atoms with E-state index in [4.69, 9.17) is 5.73 Å². The second-order valence-corrected chi connectivity index (χ2v) is 3.68. The largest absolute Gasteiger partial charge is 0.369 e. The Balaban J connectivity index is 2.26. The van der Waals surface area contributed by atoms with Gasteiger partial charge in [0.1, 0.15) is 0 Å². The number of aryl methyl sites for hydroxylation is 1. The summed E-state index contributed by atoms with van der Waals surface area (Å²) in [7, 11) is 0. The first kappa shape index (κ1) is 10.8. The van der Waals surface area contributed by atoms with Crippen molar-refractivity contribution in [3.05, 3.63) is 35.9 Å². The standard InChI is InChI=1S/C12H17NO/c1-10(12(13)14)6-5-9-11-7-3-2-4-8-11/h2-4,7-8,10H,5-6,9H2,1H3,(H2,13,14). The highest BCUT2D eigenvalue weighted by Crippen LogP contribution is 2.09. The third kappa shape index (κ3) is 3.60. The van der Waals surface area contributed by atoms with Crippen LogP contribution in [0.15, 0.2) is 30.3 Å². The third-order valence-corrected chi connectivity index (χ3v) is 2.43. The van der Waals surface area contributed by atoms with Crippen molar-refractivity contribution < 1.29 is 4.79 Å². The Morgan fingerprint density at radius 3 is 2.57 bits per heavy atom. The average molecular weight is 191 g/mol. The monoisotopic (exact) mass is 191 g/mol. The summed E-state index contributed by atoms with van der Waals surface area (Å²) >= 11 is 0. The fourth-order valence-electron chi connectivity index (χ4n) is 1.40. The molecule has 0 bridgehead atoms. The third-order valence-electron chi connectivity index (χ3n) is 2.43. The van der Waals surface area contributed by atoms with E-state index in [-0.39, 0.29) is 11.8 Å². The van der Waals surface area contributed by atoms with Gasteiger partial charge in [-0.05, 0) is 24.8 Å². The summed E-state index contributed by atoms with van der Waals surface area (Å²) in [6.45, 7) is 1.88. The van der Waals surface area contributed by atoms with Crippen LogP contribution in [0.1, 0.15) is 25.3 Å². The molecule has 1 rings (SSSR count). The molecule has 2 heteroatoms. The summed E-state index contributed by atoms with van der Waals surface area (Å²) in [6.07, 6.45) is 2.93. The van der Waals surface area contributed by atoms with E-state index in [1.54, 1.807) is 0 Å². The van der Waals surface area contributed by atoms with Crippen molar-refractivity contribution in [2.75, 3.05) is 0 Å². The van der Waals surface area contributed by atoms with Crippen molar-refractivity contribution in [3.8, 4) is 0 Å². The van der Waals surface area contributed by atoms with Crippen LogP contribution in [0.25, 0.3) is 0 Å². The highest BCUT2D eigenvalue weighted by molar-refractivity contribution is 5.76. The molecule has 14 heavy (non-hydrogen) atoms. The second-order valence-electron chi connectivity index (χ2n) is 3.68. The van der Waals surface area contributed by atoms with E-state index in [0.717, 1.165) is 19.3 Å². The molecule has 0 aliphatic rings. The molecule has 1 amide bonds. The van der Waals surface area contributed by atoms with E-state index in [9.17, 15) is 4.79 Å². The first-order valence-electron chi connectivity index (χ1n) is 5.03. The van der Waals surface area contributed by atoms with Gasteiger partial charge < -0.3 is 5.73 Å². The molecule has 76 valence electrons. The molecular weight excluding hydrogens is 174 g/mol. The molecular formula is C12H17NO. The van der Waals surface area contributed by atoms with Crippen LogP contribution in [0, 0.1) is 5.92 Å². The van der Waals surface area contributed by atoms with Crippen molar-refractivity contribution in [3.63, 3.8) is 0 Å². The van der Waals surface area contributed by atoms with E-state index in [1.807, 2.05) is 25.1 Å². The zero-order valence-electron chi connectivity index (χ0n) is 8.57. The van der Waals surface area contributed by atoms with Crippen molar-refractivity contribution in [1.82, 2.24) is 0 Å². The Morgan fingerprint density at radius 1 is 1.36 bits per heavy atom. The zero-order chi connectivity index (χ0) is 10.4. The number of carbonyl (C=O) groups is 1. The minimum atomic E-state index is -0.196. The fourth-order valence-corrected chi connectivity index (χ4v) is 1.40. The van der Waals surface area contributed by atoms with Gasteiger partial charge in [0.05, 0.1) is 0 Å². The van der Waals surface area contributed by atoms with Gasteiger partial charge in [-0.1, -0.05) is 37.3 Å². The number of amides is 1. The van der Waals surface area contributed by atoms with Crippen molar-refractivity contribution >= 4 is 5.91 Å². The van der Waals surface area contributed by atoms with E-state index in [2.05, 4.69) is 12.1 Å². The molecule has 2 N–H and O–H groups in total. The van der Waals surface area contributed by atoms with Gasteiger partial charge in [0, 0.05) is 5.92 Å². The minimum Gasteiger partial charge on any atom is -0.369 e. The van der Waals surface area contributed by atoms with Crippen molar-refractivity contribution in [2.45, 2.75) is 26.2 Å². The number of benzene rings is 1. The highest BCUT2D eigenvalue weighted by Gasteiger charge is 2.07.